The van der Waals surface area contributed by atoms with Crippen LogP contribution < -0.4 is 4.74 Å². The molecule has 0 bridgehead atoms. The molecule has 0 saturated heterocycles. The van der Waals surface area contributed by atoms with Crippen LogP contribution in [0.5, 0.6) is 5.75 Å². The summed E-state index contributed by atoms with van der Waals surface area (Å²) in [5.74, 6) is 0.514. The number of hydrogen-bond donors (Lipinski definition) is 0. The number of Topliss-reactive ketones (excluding diaryl/α,β-unsaturated/α-hetero) is 1. The van der Waals surface area contributed by atoms with Crippen LogP contribution in [0.15, 0.2) is 36.7 Å². The lowest BCUT2D eigenvalue weighted by Crippen LogP contribution is -2.10. The van der Waals surface area contributed by atoms with Gasteiger partial charge in [-0.3, -0.25) is 9.48 Å². The van der Waals surface area contributed by atoms with Crippen molar-refractivity contribution in [2.24, 2.45) is 0 Å². The number of methoxy groups -OCH3 is 1. The average molecular weight is 251 g/mol. The topological polar surface area (TPSA) is 44.1 Å². The molecule has 0 spiro atoms. The van der Waals surface area contributed by atoms with Crippen LogP contribution in [0, 0.1) is 0 Å². The highest BCUT2D eigenvalue weighted by atomic mass is 35.5. The Hall–Kier alpha value is -1.81. The van der Waals surface area contributed by atoms with Crippen molar-refractivity contribution in [1.82, 2.24) is 9.78 Å². The van der Waals surface area contributed by atoms with Gasteiger partial charge in [0.05, 0.1) is 12.1 Å². The maximum atomic E-state index is 11.9. The Morgan fingerprint density at radius 1 is 1.53 bits per heavy atom. The van der Waals surface area contributed by atoms with Crippen molar-refractivity contribution in [2.75, 3.05) is 7.11 Å². The third kappa shape index (κ3) is 2.65. The van der Waals surface area contributed by atoms with E-state index >= 15 is 0 Å². The zero-order valence-electron chi connectivity index (χ0n) is 9.26. The maximum absolute atomic E-state index is 11.9. The number of halogens is 1. The minimum absolute atomic E-state index is 0.0433. The maximum Gasteiger partial charge on any atom is 0.184 e. The quantitative estimate of drug-likeness (QED) is 0.783. The van der Waals surface area contributed by atoms with E-state index in [0.29, 0.717) is 16.3 Å². The summed E-state index contributed by atoms with van der Waals surface area (Å²) in [6.07, 6.45) is 3.37. The van der Waals surface area contributed by atoms with Crippen LogP contribution in [0.25, 0.3) is 0 Å². The van der Waals surface area contributed by atoms with Gasteiger partial charge in [-0.2, -0.15) is 5.10 Å². The predicted octanol–water partition coefficient (Wildman–Crippen LogP) is 2.43. The second kappa shape index (κ2) is 5.01. The molecule has 5 heteroatoms. The van der Waals surface area contributed by atoms with Gasteiger partial charge >= 0.3 is 0 Å². The van der Waals surface area contributed by atoms with Gasteiger partial charge in [-0.05, 0) is 24.3 Å². The highest BCUT2D eigenvalue weighted by molar-refractivity contribution is 6.32. The Kier molecular flexibility index (Phi) is 3.44. The normalized spacial score (nSPS) is 10.2. The van der Waals surface area contributed by atoms with Crippen LogP contribution in [0.2, 0.25) is 5.02 Å². The van der Waals surface area contributed by atoms with E-state index in [9.17, 15) is 4.79 Å². The lowest BCUT2D eigenvalue weighted by Gasteiger charge is -2.05. The lowest BCUT2D eigenvalue weighted by atomic mass is 10.1. The fourth-order valence-corrected chi connectivity index (χ4v) is 1.73. The monoisotopic (exact) mass is 250 g/mol. The average Bonchev–Trinajstić information content (AvgIpc) is 2.81. The Balaban J connectivity index is 2.17. The van der Waals surface area contributed by atoms with Crippen molar-refractivity contribution in [3.63, 3.8) is 0 Å². The van der Waals surface area contributed by atoms with Gasteiger partial charge in [-0.25, -0.2) is 0 Å². The molecule has 2 rings (SSSR count). The highest BCUT2D eigenvalue weighted by Crippen LogP contribution is 2.25. The van der Waals surface area contributed by atoms with Crippen LogP contribution in [0.4, 0.5) is 0 Å². The van der Waals surface area contributed by atoms with Crippen molar-refractivity contribution >= 4 is 17.4 Å². The Bertz CT molecular complexity index is 523. The molecule has 0 fully saturated rings. The molecule has 0 saturated carbocycles. The molecule has 88 valence electrons. The molecule has 0 N–H and O–H groups in total. The summed E-state index contributed by atoms with van der Waals surface area (Å²) in [6, 6.07) is 6.75. The van der Waals surface area contributed by atoms with E-state index in [4.69, 9.17) is 16.3 Å². The largest absolute Gasteiger partial charge is 0.495 e. The molecule has 0 atom stereocenters. The molecule has 0 aliphatic rings. The van der Waals surface area contributed by atoms with Crippen molar-refractivity contribution in [1.29, 1.82) is 0 Å². The van der Waals surface area contributed by atoms with Crippen molar-refractivity contribution in [3.8, 4) is 5.75 Å². The third-order valence-corrected chi connectivity index (χ3v) is 2.63. The van der Waals surface area contributed by atoms with E-state index in [1.54, 1.807) is 41.3 Å². The minimum Gasteiger partial charge on any atom is -0.495 e. The molecule has 4 nitrogen and oxygen atoms in total. The summed E-state index contributed by atoms with van der Waals surface area (Å²) in [5.41, 5.74) is 0.548. The zero-order chi connectivity index (χ0) is 12.3. The molecule has 0 aliphatic carbocycles. The highest BCUT2D eigenvalue weighted by Gasteiger charge is 2.09. The summed E-state index contributed by atoms with van der Waals surface area (Å²) in [4.78, 5) is 11.9. The fraction of sp³-hybridized carbons (Fsp3) is 0.167. The van der Waals surface area contributed by atoms with Crippen LogP contribution >= 0.6 is 11.6 Å². The summed E-state index contributed by atoms with van der Waals surface area (Å²) < 4.78 is 6.59. The number of carbonyl (C=O) groups excluding carboxylic acids is 1. The second-order valence-electron chi connectivity index (χ2n) is 3.48. The molecule has 0 aliphatic heterocycles. The number of ether oxygens (including phenoxy) is 1. The molecule has 0 radical (unpaired) electrons. The van der Waals surface area contributed by atoms with E-state index in [-0.39, 0.29) is 12.3 Å². The Morgan fingerprint density at radius 3 is 2.94 bits per heavy atom. The van der Waals surface area contributed by atoms with Gasteiger partial charge in [0.25, 0.3) is 0 Å². The molecule has 1 aromatic heterocycles. The number of hydrogen-bond acceptors (Lipinski definition) is 3. The molecule has 1 aromatic carbocycles. The van der Waals surface area contributed by atoms with Gasteiger partial charge in [0.2, 0.25) is 0 Å². The number of carbonyl (C=O) groups is 1. The molecular weight excluding hydrogens is 240 g/mol. The number of nitrogens with zero attached hydrogens (tertiary/aromatic N) is 2. The first kappa shape index (κ1) is 11.7. The zero-order valence-corrected chi connectivity index (χ0v) is 10.0. The molecular formula is C12H11ClN2O2. The van der Waals surface area contributed by atoms with Crippen molar-refractivity contribution in [2.45, 2.75) is 6.54 Å². The smallest absolute Gasteiger partial charge is 0.184 e. The van der Waals surface area contributed by atoms with E-state index in [0.717, 1.165) is 0 Å². The SMILES string of the molecule is COc1ccc(C(=O)Cn2cccn2)cc1Cl. The first-order chi connectivity index (χ1) is 8.20. The number of aromatic nitrogens is 2. The van der Waals surface area contributed by atoms with Gasteiger partial charge in [0.1, 0.15) is 12.3 Å². The van der Waals surface area contributed by atoms with E-state index in [1.165, 1.54) is 7.11 Å². The molecule has 17 heavy (non-hydrogen) atoms. The van der Waals surface area contributed by atoms with Crippen LogP contribution in [-0.2, 0) is 6.54 Å². The number of benzene rings is 1. The molecule has 0 amide bonds. The van der Waals surface area contributed by atoms with E-state index in [1.807, 2.05) is 0 Å². The second-order valence-corrected chi connectivity index (χ2v) is 3.88. The van der Waals surface area contributed by atoms with Crippen LogP contribution in [0.1, 0.15) is 10.4 Å². The lowest BCUT2D eigenvalue weighted by molar-refractivity contribution is 0.0967. The first-order valence-corrected chi connectivity index (χ1v) is 5.42. The predicted molar refractivity (Wildman–Crippen MR) is 64.6 cm³/mol. The van der Waals surface area contributed by atoms with E-state index < -0.39 is 0 Å². The van der Waals surface area contributed by atoms with Gasteiger partial charge in [0, 0.05) is 18.0 Å². The van der Waals surface area contributed by atoms with Gasteiger partial charge < -0.3 is 4.74 Å². The number of ketones is 1. The van der Waals surface area contributed by atoms with Gasteiger partial charge in [-0.1, -0.05) is 11.6 Å². The summed E-state index contributed by atoms with van der Waals surface area (Å²) in [5, 5.41) is 4.41. The van der Waals surface area contributed by atoms with Gasteiger partial charge in [0.15, 0.2) is 5.78 Å². The van der Waals surface area contributed by atoms with Crippen molar-refractivity contribution < 1.29 is 9.53 Å². The molecule has 1 heterocycles. The van der Waals surface area contributed by atoms with Crippen LogP contribution in [0.3, 0.4) is 0 Å². The molecule has 2 aromatic rings. The number of rotatable bonds is 4. The summed E-state index contributed by atoms with van der Waals surface area (Å²) >= 11 is 5.96. The standard InChI is InChI=1S/C12H11ClN2O2/c1-17-12-4-3-9(7-10(12)13)11(16)8-15-6-2-5-14-15/h2-7H,8H2,1H3. The molecule has 0 unspecified atom stereocenters. The first-order valence-electron chi connectivity index (χ1n) is 5.05. The third-order valence-electron chi connectivity index (χ3n) is 2.34. The van der Waals surface area contributed by atoms with Gasteiger partial charge in [-0.15, -0.1) is 0 Å². The summed E-state index contributed by atoms with van der Waals surface area (Å²) in [6.45, 7) is 0.204. The van der Waals surface area contributed by atoms with Crippen molar-refractivity contribution in [3.05, 3.63) is 47.2 Å². The van der Waals surface area contributed by atoms with E-state index in [2.05, 4.69) is 5.10 Å². The Morgan fingerprint density at radius 2 is 2.35 bits per heavy atom. The summed E-state index contributed by atoms with van der Waals surface area (Å²) in [7, 11) is 1.53. The minimum atomic E-state index is -0.0433. The fourth-order valence-electron chi connectivity index (χ4n) is 1.47. The van der Waals surface area contributed by atoms with Crippen LogP contribution in [-0.4, -0.2) is 22.7 Å². The Labute approximate surface area is 104 Å².